The summed E-state index contributed by atoms with van der Waals surface area (Å²) in [6, 6.07) is 10.0. The molecule has 0 radical (unpaired) electrons. The number of benzene rings is 1. The number of nitrogens with zero attached hydrogens (tertiary/aromatic N) is 2. The van der Waals surface area contributed by atoms with E-state index in [-0.39, 0.29) is 0 Å². The van der Waals surface area contributed by atoms with Crippen molar-refractivity contribution >= 4 is 22.6 Å². The summed E-state index contributed by atoms with van der Waals surface area (Å²) >= 11 is 1.62. The van der Waals surface area contributed by atoms with Gasteiger partial charge < -0.3 is 0 Å². The van der Waals surface area contributed by atoms with Crippen LogP contribution in [0.3, 0.4) is 0 Å². The molecule has 1 aliphatic heterocycles. The molecule has 0 aromatic heterocycles. The number of amidine groups is 1. The molecule has 2 rings (SSSR count). The molecule has 0 aliphatic carbocycles. The van der Waals surface area contributed by atoms with Gasteiger partial charge in [-0.15, -0.1) is 11.8 Å². The number of thioether (sulfide) groups is 1. The van der Waals surface area contributed by atoms with Gasteiger partial charge in [0.15, 0.2) is 0 Å². The van der Waals surface area contributed by atoms with E-state index in [0.29, 0.717) is 6.54 Å². The Bertz CT molecular complexity index is 370. The zero-order chi connectivity index (χ0) is 9.80. The molecule has 72 valence electrons. The SMILES string of the molecule is CSC1=NNC(c2ccccc2)=NC1. The van der Waals surface area contributed by atoms with Crippen molar-refractivity contribution in [1.82, 2.24) is 5.43 Å². The van der Waals surface area contributed by atoms with E-state index in [2.05, 4.69) is 15.5 Å². The lowest BCUT2D eigenvalue weighted by molar-refractivity contribution is 0.979. The number of nitrogens with one attached hydrogen (secondary N) is 1. The third-order valence-electron chi connectivity index (χ3n) is 1.94. The lowest BCUT2D eigenvalue weighted by Gasteiger charge is -2.12. The molecule has 1 aromatic rings. The maximum atomic E-state index is 4.41. The topological polar surface area (TPSA) is 36.8 Å². The maximum Gasteiger partial charge on any atom is 0.149 e. The van der Waals surface area contributed by atoms with Gasteiger partial charge in [-0.25, -0.2) is 0 Å². The number of rotatable bonds is 1. The van der Waals surface area contributed by atoms with Crippen LogP contribution in [0.4, 0.5) is 0 Å². The summed E-state index contributed by atoms with van der Waals surface area (Å²) in [5.41, 5.74) is 4.03. The smallest absolute Gasteiger partial charge is 0.149 e. The van der Waals surface area contributed by atoms with Crippen molar-refractivity contribution in [1.29, 1.82) is 0 Å². The van der Waals surface area contributed by atoms with Crippen molar-refractivity contribution in [2.24, 2.45) is 10.1 Å². The summed E-state index contributed by atoms with van der Waals surface area (Å²) in [4.78, 5) is 4.41. The zero-order valence-corrected chi connectivity index (χ0v) is 8.71. The summed E-state index contributed by atoms with van der Waals surface area (Å²) < 4.78 is 0. The van der Waals surface area contributed by atoms with Crippen LogP contribution in [0.1, 0.15) is 5.56 Å². The molecule has 4 heteroatoms. The van der Waals surface area contributed by atoms with E-state index in [1.165, 1.54) is 0 Å². The van der Waals surface area contributed by atoms with Crippen molar-refractivity contribution in [3.05, 3.63) is 35.9 Å². The first kappa shape index (κ1) is 9.27. The van der Waals surface area contributed by atoms with Gasteiger partial charge in [0.25, 0.3) is 0 Å². The lowest BCUT2D eigenvalue weighted by Crippen LogP contribution is -2.26. The Morgan fingerprint density at radius 1 is 1.29 bits per heavy atom. The molecular formula is C10H11N3S. The number of hydrazone groups is 1. The van der Waals surface area contributed by atoms with Gasteiger partial charge in [0.2, 0.25) is 0 Å². The molecule has 0 fully saturated rings. The fraction of sp³-hybridized carbons (Fsp3) is 0.200. The minimum Gasteiger partial charge on any atom is -0.260 e. The highest BCUT2D eigenvalue weighted by atomic mass is 32.2. The van der Waals surface area contributed by atoms with Gasteiger partial charge in [-0.1, -0.05) is 30.3 Å². The molecule has 3 nitrogen and oxygen atoms in total. The van der Waals surface area contributed by atoms with Gasteiger partial charge in [-0.2, -0.15) is 5.10 Å². The fourth-order valence-corrected chi connectivity index (χ4v) is 1.53. The molecule has 0 saturated carbocycles. The first-order valence-electron chi connectivity index (χ1n) is 4.36. The Labute approximate surface area is 87.3 Å². The predicted molar refractivity (Wildman–Crippen MR) is 61.9 cm³/mol. The van der Waals surface area contributed by atoms with E-state index < -0.39 is 0 Å². The first-order valence-corrected chi connectivity index (χ1v) is 5.59. The Kier molecular flexibility index (Phi) is 2.84. The van der Waals surface area contributed by atoms with E-state index in [9.17, 15) is 0 Å². The van der Waals surface area contributed by atoms with Gasteiger partial charge in [0.1, 0.15) is 10.9 Å². The van der Waals surface area contributed by atoms with E-state index in [0.717, 1.165) is 16.4 Å². The summed E-state index contributed by atoms with van der Waals surface area (Å²) in [6.45, 7) is 0.679. The Balaban J connectivity index is 2.13. The van der Waals surface area contributed by atoms with Crippen LogP contribution in [0, 0.1) is 0 Å². The van der Waals surface area contributed by atoms with Gasteiger partial charge >= 0.3 is 0 Å². The third kappa shape index (κ3) is 1.96. The highest BCUT2D eigenvalue weighted by Gasteiger charge is 2.07. The molecular weight excluding hydrogens is 194 g/mol. The van der Waals surface area contributed by atoms with Gasteiger partial charge in [0.05, 0.1) is 6.54 Å². The van der Waals surface area contributed by atoms with Gasteiger partial charge in [-0.3, -0.25) is 10.4 Å². The third-order valence-corrected chi connectivity index (χ3v) is 2.63. The second-order valence-electron chi connectivity index (χ2n) is 2.85. The van der Waals surface area contributed by atoms with Crippen molar-refractivity contribution < 1.29 is 0 Å². The van der Waals surface area contributed by atoms with Crippen molar-refractivity contribution in [2.45, 2.75) is 0 Å². The normalized spacial score (nSPS) is 15.5. The lowest BCUT2D eigenvalue weighted by atomic mass is 10.2. The minimum atomic E-state index is 0.679. The molecule has 0 saturated heterocycles. The van der Waals surface area contributed by atoms with Gasteiger partial charge in [0, 0.05) is 5.56 Å². The van der Waals surface area contributed by atoms with Crippen LogP contribution in [-0.2, 0) is 0 Å². The second kappa shape index (κ2) is 4.28. The monoisotopic (exact) mass is 205 g/mol. The van der Waals surface area contributed by atoms with Crippen LogP contribution in [0.25, 0.3) is 0 Å². The Hall–Kier alpha value is -1.29. The highest BCUT2D eigenvalue weighted by molar-refractivity contribution is 8.13. The second-order valence-corrected chi connectivity index (χ2v) is 3.73. The zero-order valence-electron chi connectivity index (χ0n) is 7.90. The van der Waals surface area contributed by atoms with Crippen LogP contribution in [0.2, 0.25) is 0 Å². The van der Waals surface area contributed by atoms with Crippen LogP contribution < -0.4 is 5.43 Å². The molecule has 1 heterocycles. The Morgan fingerprint density at radius 2 is 2.07 bits per heavy atom. The van der Waals surface area contributed by atoms with Crippen LogP contribution in [-0.4, -0.2) is 23.7 Å². The minimum absolute atomic E-state index is 0.679. The van der Waals surface area contributed by atoms with Crippen molar-refractivity contribution in [3.63, 3.8) is 0 Å². The van der Waals surface area contributed by atoms with E-state index in [1.807, 2.05) is 36.6 Å². The average Bonchev–Trinajstić information content (AvgIpc) is 2.30. The van der Waals surface area contributed by atoms with Crippen LogP contribution >= 0.6 is 11.8 Å². The summed E-state index contributed by atoms with van der Waals surface area (Å²) in [5.74, 6) is 0.850. The molecule has 1 aliphatic rings. The summed E-state index contributed by atoms with van der Waals surface area (Å²) in [5, 5.41) is 5.22. The molecule has 0 atom stereocenters. The molecule has 1 aromatic carbocycles. The largest absolute Gasteiger partial charge is 0.260 e. The highest BCUT2D eigenvalue weighted by Crippen LogP contribution is 2.06. The van der Waals surface area contributed by atoms with Crippen LogP contribution in [0.15, 0.2) is 40.4 Å². The maximum absolute atomic E-state index is 4.41. The van der Waals surface area contributed by atoms with Gasteiger partial charge in [-0.05, 0) is 6.26 Å². The quantitative estimate of drug-likeness (QED) is 0.757. The van der Waals surface area contributed by atoms with E-state index >= 15 is 0 Å². The van der Waals surface area contributed by atoms with E-state index in [1.54, 1.807) is 11.8 Å². The molecule has 1 N–H and O–H groups in total. The Morgan fingerprint density at radius 3 is 2.64 bits per heavy atom. The van der Waals surface area contributed by atoms with Crippen molar-refractivity contribution in [3.8, 4) is 0 Å². The van der Waals surface area contributed by atoms with Crippen molar-refractivity contribution in [2.75, 3.05) is 12.8 Å². The number of aliphatic imine (C=N–C) groups is 1. The fourth-order valence-electron chi connectivity index (χ4n) is 1.19. The predicted octanol–water partition coefficient (Wildman–Crippen LogP) is 1.71. The number of hydrogen-bond acceptors (Lipinski definition) is 4. The summed E-state index contributed by atoms with van der Waals surface area (Å²) in [7, 11) is 0. The summed E-state index contributed by atoms with van der Waals surface area (Å²) in [6.07, 6.45) is 2.00. The van der Waals surface area contributed by atoms with E-state index in [4.69, 9.17) is 0 Å². The average molecular weight is 205 g/mol. The molecule has 0 spiro atoms. The molecule has 0 unspecified atom stereocenters. The van der Waals surface area contributed by atoms with Crippen LogP contribution in [0.5, 0.6) is 0 Å². The first-order chi connectivity index (χ1) is 6.90. The number of hydrogen-bond donors (Lipinski definition) is 1. The molecule has 0 amide bonds. The standard InChI is InChI=1S/C10H11N3S/c1-14-9-7-11-10(13-12-9)8-5-3-2-4-6-8/h2-6H,7H2,1H3,(H,11,13). The molecule has 14 heavy (non-hydrogen) atoms. The molecule has 0 bridgehead atoms.